The highest BCUT2D eigenvalue weighted by atomic mass is 32.2. The van der Waals surface area contributed by atoms with E-state index in [0.717, 1.165) is 0 Å². The van der Waals surface area contributed by atoms with Crippen molar-refractivity contribution in [2.24, 2.45) is 0 Å². The Bertz CT molecular complexity index is 584. The molecule has 1 amide bonds. The molecule has 23 heavy (non-hydrogen) atoms. The first-order valence-electron chi connectivity index (χ1n) is 7.12. The zero-order valence-corrected chi connectivity index (χ0v) is 15.7. The Labute approximate surface area is 143 Å². The molecule has 1 aromatic heterocycles. The van der Waals surface area contributed by atoms with Gasteiger partial charge in [0.25, 0.3) is 4.21 Å². The van der Waals surface area contributed by atoms with E-state index < -0.39 is 34.4 Å². The van der Waals surface area contributed by atoms with Crippen LogP contribution in [0.5, 0.6) is 0 Å². The third-order valence-electron chi connectivity index (χ3n) is 2.86. The summed E-state index contributed by atoms with van der Waals surface area (Å²) in [5, 5.41) is 0.650. The van der Waals surface area contributed by atoms with E-state index in [1.165, 1.54) is 17.5 Å². The van der Waals surface area contributed by atoms with Gasteiger partial charge in [0.2, 0.25) is 0 Å². The van der Waals surface area contributed by atoms with Gasteiger partial charge in [-0.05, 0) is 41.5 Å². The predicted octanol–water partition coefficient (Wildman–Crippen LogP) is 2.69. The van der Waals surface area contributed by atoms with E-state index in [9.17, 15) is 9.35 Å². The van der Waals surface area contributed by atoms with Crippen LogP contribution in [0.2, 0.25) is 0 Å². The number of carbonyl (C=O) groups excluding carboxylic acids is 1. The van der Waals surface area contributed by atoms with Gasteiger partial charge >= 0.3 is 6.09 Å². The summed E-state index contributed by atoms with van der Waals surface area (Å²) in [6.07, 6.45) is 0.728. The van der Waals surface area contributed by atoms with Crippen LogP contribution in [0.3, 0.4) is 0 Å². The summed E-state index contributed by atoms with van der Waals surface area (Å²) in [5.74, 6) is -0.686. The topological polar surface area (TPSA) is 92.7 Å². The van der Waals surface area contributed by atoms with E-state index in [1.807, 2.05) is 20.8 Å². The maximum Gasteiger partial charge on any atom is 0.449 e. The minimum atomic E-state index is -1.73. The number of ether oxygens (including phenoxy) is 3. The van der Waals surface area contributed by atoms with Gasteiger partial charge < -0.3 is 18.8 Å². The van der Waals surface area contributed by atoms with Crippen LogP contribution in [0, 0.1) is 0 Å². The Kier molecular flexibility index (Phi) is 4.99. The molecule has 1 aliphatic rings. The van der Waals surface area contributed by atoms with Crippen LogP contribution >= 0.6 is 11.3 Å². The minimum Gasteiger partial charge on any atom is -0.587 e. The van der Waals surface area contributed by atoms with Crippen LogP contribution in [0.25, 0.3) is 0 Å². The van der Waals surface area contributed by atoms with Gasteiger partial charge in [-0.25, -0.2) is 9.78 Å². The summed E-state index contributed by atoms with van der Waals surface area (Å²) in [6.45, 7) is 11.1. The quantitative estimate of drug-likeness (QED) is 0.831. The Morgan fingerprint density at radius 3 is 2.65 bits per heavy atom. The number of hydrogen-bond acceptors (Lipinski definition) is 7. The molecular formula is C14H22N2O5S2. The molecule has 1 saturated heterocycles. The maximum absolute atomic E-state index is 12.2. The second-order valence-corrected chi connectivity index (χ2v) is 9.35. The fourth-order valence-corrected chi connectivity index (χ4v) is 3.86. The van der Waals surface area contributed by atoms with Crippen LogP contribution in [-0.2, 0) is 31.2 Å². The zero-order chi connectivity index (χ0) is 17.5. The summed E-state index contributed by atoms with van der Waals surface area (Å²) in [7, 11) is 0. The number of nitrogens with one attached hydrogen (secondary N) is 1. The van der Waals surface area contributed by atoms with Gasteiger partial charge in [0, 0.05) is 0 Å². The molecule has 2 atom stereocenters. The van der Waals surface area contributed by atoms with Crippen molar-refractivity contribution in [3.63, 3.8) is 0 Å². The van der Waals surface area contributed by atoms with Gasteiger partial charge in [-0.15, -0.1) is 4.72 Å². The van der Waals surface area contributed by atoms with Crippen LogP contribution in [0.15, 0.2) is 10.4 Å². The molecule has 9 heteroatoms. The molecule has 1 unspecified atom stereocenters. The SMILES string of the molecule is CC(C)(C)OC(=O)N[S+]([O-])c1cnc([C@]2(C)COC(C)(C)O2)s1. The standard InChI is InChI=1S/C14H22N2O5S2/c1-12(2,3)20-11(17)16-23(18)9-7-15-10(22-9)14(6)8-19-13(4,5)21-14/h7H,8H2,1-6H3,(H,16,17)/t14-,23?/m0/s1. The number of amides is 1. The molecule has 2 heterocycles. The average Bonchev–Trinajstić information content (AvgIpc) is 2.92. The van der Waals surface area contributed by atoms with Crippen molar-refractivity contribution in [3.05, 3.63) is 11.2 Å². The summed E-state index contributed by atoms with van der Waals surface area (Å²) >= 11 is -0.519. The molecule has 0 bridgehead atoms. The molecule has 1 fully saturated rings. The Morgan fingerprint density at radius 1 is 1.48 bits per heavy atom. The smallest absolute Gasteiger partial charge is 0.449 e. The first kappa shape index (κ1) is 18.5. The molecule has 0 radical (unpaired) electrons. The highest BCUT2D eigenvalue weighted by Gasteiger charge is 2.45. The number of nitrogens with zero attached hydrogens (tertiary/aromatic N) is 1. The van der Waals surface area contributed by atoms with Crippen molar-refractivity contribution in [2.45, 2.75) is 62.7 Å². The molecule has 0 spiro atoms. The van der Waals surface area contributed by atoms with Crippen LogP contribution < -0.4 is 4.72 Å². The van der Waals surface area contributed by atoms with E-state index in [0.29, 0.717) is 15.8 Å². The van der Waals surface area contributed by atoms with Crippen molar-refractivity contribution < 1.29 is 23.6 Å². The van der Waals surface area contributed by atoms with Gasteiger partial charge in [-0.1, -0.05) is 11.3 Å². The fraction of sp³-hybridized carbons (Fsp3) is 0.714. The van der Waals surface area contributed by atoms with Crippen molar-refractivity contribution in [1.82, 2.24) is 9.71 Å². The first-order valence-corrected chi connectivity index (χ1v) is 9.09. The van der Waals surface area contributed by atoms with Crippen molar-refractivity contribution in [2.75, 3.05) is 6.61 Å². The van der Waals surface area contributed by atoms with Crippen LogP contribution in [0.1, 0.15) is 46.6 Å². The number of carbonyl (C=O) groups is 1. The lowest BCUT2D eigenvalue weighted by Crippen LogP contribution is -2.36. The monoisotopic (exact) mass is 362 g/mol. The van der Waals surface area contributed by atoms with E-state index in [4.69, 9.17) is 14.2 Å². The molecule has 0 aromatic carbocycles. The second-order valence-electron chi connectivity index (χ2n) is 6.88. The summed E-state index contributed by atoms with van der Waals surface area (Å²) in [6, 6.07) is 0. The highest BCUT2D eigenvalue weighted by Crippen LogP contribution is 2.40. The van der Waals surface area contributed by atoms with Gasteiger partial charge in [0.15, 0.2) is 5.79 Å². The minimum absolute atomic E-state index is 0.360. The van der Waals surface area contributed by atoms with Gasteiger partial charge in [0.1, 0.15) is 27.6 Å². The molecule has 130 valence electrons. The largest absolute Gasteiger partial charge is 0.587 e. The average molecular weight is 362 g/mol. The highest BCUT2D eigenvalue weighted by molar-refractivity contribution is 7.92. The molecular weight excluding hydrogens is 340 g/mol. The normalized spacial score (nSPS) is 25.2. The Morgan fingerprint density at radius 2 is 2.13 bits per heavy atom. The summed E-state index contributed by atoms with van der Waals surface area (Å²) in [4.78, 5) is 15.9. The number of hydrogen-bond donors (Lipinski definition) is 1. The molecule has 2 rings (SSSR count). The Balaban J connectivity index is 2.03. The third kappa shape index (κ3) is 4.80. The molecule has 1 N–H and O–H groups in total. The van der Waals surface area contributed by atoms with Crippen molar-refractivity contribution in [3.8, 4) is 0 Å². The molecule has 1 aliphatic heterocycles. The molecule has 0 saturated carbocycles. The number of aromatic nitrogens is 1. The van der Waals surface area contributed by atoms with E-state index in [1.54, 1.807) is 20.8 Å². The fourth-order valence-electron chi connectivity index (χ4n) is 2.03. The lowest BCUT2D eigenvalue weighted by atomic mass is 10.1. The van der Waals surface area contributed by atoms with Crippen molar-refractivity contribution in [1.29, 1.82) is 0 Å². The van der Waals surface area contributed by atoms with Gasteiger partial charge in [-0.2, -0.15) is 0 Å². The molecule has 0 aliphatic carbocycles. The van der Waals surface area contributed by atoms with Crippen LogP contribution in [0.4, 0.5) is 4.79 Å². The predicted molar refractivity (Wildman–Crippen MR) is 86.4 cm³/mol. The lowest BCUT2D eigenvalue weighted by molar-refractivity contribution is -0.159. The molecule has 7 nitrogen and oxygen atoms in total. The van der Waals surface area contributed by atoms with E-state index in [2.05, 4.69) is 9.71 Å². The molecule has 1 aromatic rings. The lowest BCUT2D eigenvalue weighted by Gasteiger charge is -2.22. The summed E-state index contributed by atoms with van der Waals surface area (Å²) < 4.78 is 31.4. The Hall–Kier alpha value is -0.870. The maximum atomic E-state index is 12.2. The third-order valence-corrected chi connectivity index (χ3v) is 5.42. The number of rotatable bonds is 3. The van der Waals surface area contributed by atoms with Gasteiger partial charge in [-0.3, -0.25) is 0 Å². The van der Waals surface area contributed by atoms with Gasteiger partial charge in [0.05, 0.1) is 12.8 Å². The van der Waals surface area contributed by atoms with Crippen molar-refractivity contribution >= 4 is 28.8 Å². The van der Waals surface area contributed by atoms with E-state index in [-0.39, 0.29) is 0 Å². The van der Waals surface area contributed by atoms with Crippen LogP contribution in [-0.4, -0.2) is 33.6 Å². The number of thiazole rings is 1. The second kappa shape index (κ2) is 6.21. The summed E-state index contributed by atoms with van der Waals surface area (Å²) in [5.41, 5.74) is -1.34. The first-order chi connectivity index (χ1) is 10.4. The zero-order valence-electron chi connectivity index (χ0n) is 14.1. The van der Waals surface area contributed by atoms with E-state index >= 15 is 0 Å².